The van der Waals surface area contributed by atoms with E-state index >= 15 is 0 Å². The third-order valence-corrected chi connectivity index (χ3v) is 4.21. The topological polar surface area (TPSA) is 64.7 Å². The number of anilines is 1. The number of piperazine rings is 1. The van der Waals surface area contributed by atoms with Crippen molar-refractivity contribution in [1.82, 2.24) is 15.1 Å². The predicted octanol–water partition coefficient (Wildman–Crippen LogP) is 1.30. The van der Waals surface area contributed by atoms with E-state index in [0.29, 0.717) is 19.5 Å². The standard InChI is InChI=1S/C18H27FN4O2/c1-2-8-20-18(25)14-23-12-10-22(11-13-23)9-7-17(24)21-16-6-4-3-5-15(16)19/h3-6H,2,7-14H2,1H3,(H,20,25)(H,21,24). The molecule has 0 radical (unpaired) electrons. The second-order valence-electron chi connectivity index (χ2n) is 6.25. The molecule has 1 fully saturated rings. The van der Waals surface area contributed by atoms with Gasteiger partial charge in [0.25, 0.3) is 0 Å². The zero-order valence-electron chi connectivity index (χ0n) is 14.8. The first-order valence-corrected chi connectivity index (χ1v) is 8.84. The molecule has 1 aromatic carbocycles. The van der Waals surface area contributed by atoms with E-state index in [1.807, 2.05) is 6.92 Å². The average molecular weight is 350 g/mol. The molecule has 1 aliphatic rings. The summed E-state index contributed by atoms with van der Waals surface area (Å²) in [4.78, 5) is 28.0. The third-order valence-electron chi connectivity index (χ3n) is 4.21. The Labute approximate surface area is 148 Å². The summed E-state index contributed by atoms with van der Waals surface area (Å²) in [5.41, 5.74) is 0.218. The molecule has 0 bridgehead atoms. The van der Waals surface area contributed by atoms with Crippen LogP contribution in [0.5, 0.6) is 0 Å². The first kappa shape index (κ1) is 19.3. The molecule has 2 amide bonds. The maximum Gasteiger partial charge on any atom is 0.234 e. The SMILES string of the molecule is CCCNC(=O)CN1CCN(CCC(=O)Nc2ccccc2F)CC1. The molecule has 0 atom stereocenters. The average Bonchev–Trinajstić information content (AvgIpc) is 2.61. The number of para-hydroxylation sites is 1. The van der Waals surface area contributed by atoms with Crippen molar-refractivity contribution in [2.45, 2.75) is 19.8 Å². The number of carbonyl (C=O) groups excluding carboxylic acids is 2. The first-order valence-electron chi connectivity index (χ1n) is 8.84. The van der Waals surface area contributed by atoms with Gasteiger partial charge in [-0.1, -0.05) is 19.1 Å². The molecule has 0 spiro atoms. The van der Waals surface area contributed by atoms with E-state index in [1.54, 1.807) is 18.2 Å². The van der Waals surface area contributed by atoms with Gasteiger partial charge in [-0.05, 0) is 18.6 Å². The van der Waals surface area contributed by atoms with Crippen molar-refractivity contribution < 1.29 is 14.0 Å². The second-order valence-corrected chi connectivity index (χ2v) is 6.25. The number of hydrogen-bond acceptors (Lipinski definition) is 4. The number of rotatable bonds is 8. The molecule has 2 rings (SSSR count). The number of nitrogens with zero attached hydrogens (tertiary/aromatic N) is 2. The van der Waals surface area contributed by atoms with Gasteiger partial charge in [0, 0.05) is 45.7 Å². The Balaban J connectivity index is 1.64. The van der Waals surface area contributed by atoms with E-state index in [0.717, 1.165) is 39.1 Å². The highest BCUT2D eigenvalue weighted by Crippen LogP contribution is 2.12. The number of carbonyl (C=O) groups is 2. The Morgan fingerprint density at radius 1 is 1.08 bits per heavy atom. The highest BCUT2D eigenvalue weighted by Gasteiger charge is 2.19. The fraction of sp³-hybridized carbons (Fsp3) is 0.556. The number of nitrogens with one attached hydrogen (secondary N) is 2. The van der Waals surface area contributed by atoms with Crippen LogP contribution in [0.15, 0.2) is 24.3 Å². The van der Waals surface area contributed by atoms with E-state index in [2.05, 4.69) is 20.4 Å². The van der Waals surface area contributed by atoms with Crippen LogP contribution in [-0.2, 0) is 9.59 Å². The molecule has 0 aliphatic carbocycles. The van der Waals surface area contributed by atoms with E-state index in [1.165, 1.54) is 6.07 Å². The number of halogens is 1. The van der Waals surface area contributed by atoms with E-state index in [-0.39, 0.29) is 17.5 Å². The molecule has 0 saturated carbocycles. The van der Waals surface area contributed by atoms with Crippen LogP contribution in [0.1, 0.15) is 19.8 Å². The lowest BCUT2D eigenvalue weighted by Crippen LogP contribution is -2.49. The third kappa shape index (κ3) is 6.80. The summed E-state index contributed by atoms with van der Waals surface area (Å²) in [6, 6.07) is 6.16. The van der Waals surface area contributed by atoms with Gasteiger partial charge in [0.05, 0.1) is 12.2 Å². The normalized spacial score (nSPS) is 15.8. The molecule has 2 N–H and O–H groups in total. The van der Waals surface area contributed by atoms with Crippen LogP contribution in [0, 0.1) is 5.82 Å². The van der Waals surface area contributed by atoms with Crippen molar-refractivity contribution in [1.29, 1.82) is 0 Å². The molecule has 1 saturated heterocycles. The Kier molecular flexibility index (Phi) is 7.81. The maximum absolute atomic E-state index is 13.5. The lowest BCUT2D eigenvalue weighted by Gasteiger charge is -2.34. The fourth-order valence-electron chi connectivity index (χ4n) is 2.73. The van der Waals surface area contributed by atoms with Gasteiger partial charge in [-0.3, -0.25) is 14.5 Å². The molecule has 1 aliphatic heterocycles. The Bertz CT molecular complexity index is 574. The monoisotopic (exact) mass is 350 g/mol. The summed E-state index contributed by atoms with van der Waals surface area (Å²) < 4.78 is 13.5. The lowest BCUT2D eigenvalue weighted by atomic mass is 10.2. The van der Waals surface area contributed by atoms with Gasteiger partial charge in [-0.25, -0.2) is 4.39 Å². The summed E-state index contributed by atoms with van der Waals surface area (Å²) in [7, 11) is 0. The molecule has 1 heterocycles. The van der Waals surface area contributed by atoms with Crippen LogP contribution < -0.4 is 10.6 Å². The molecule has 0 unspecified atom stereocenters. The quantitative estimate of drug-likeness (QED) is 0.742. The van der Waals surface area contributed by atoms with Gasteiger partial charge in [0.2, 0.25) is 11.8 Å². The van der Waals surface area contributed by atoms with Gasteiger partial charge in [0.1, 0.15) is 5.82 Å². The number of benzene rings is 1. The molecule has 7 heteroatoms. The van der Waals surface area contributed by atoms with Gasteiger partial charge in [0.15, 0.2) is 0 Å². The molecular weight excluding hydrogens is 323 g/mol. The van der Waals surface area contributed by atoms with Gasteiger partial charge >= 0.3 is 0 Å². The maximum atomic E-state index is 13.5. The van der Waals surface area contributed by atoms with Crippen molar-refractivity contribution in [3.05, 3.63) is 30.1 Å². The molecule has 138 valence electrons. The van der Waals surface area contributed by atoms with Gasteiger partial charge < -0.3 is 15.5 Å². The zero-order valence-corrected chi connectivity index (χ0v) is 14.8. The van der Waals surface area contributed by atoms with E-state index < -0.39 is 5.82 Å². The summed E-state index contributed by atoms with van der Waals surface area (Å²) in [6.45, 7) is 7.10. The Morgan fingerprint density at radius 3 is 2.44 bits per heavy atom. The fourth-order valence-corrected chi connectivity index (χ4v) is 2.73. The van der Waals surface area contributed by atoms with E-state index in [9.17, 15) is 14.0 Å². The predicted molar refractivity (Wildman–Crippen MR) is 95.8 cm³/mol. The van der Waals surface area contributed by atoms with Crippen molar-refractivity contribution >= 4 is 17.5 Å². The lowest BCUT2D eigenvalue weighted by molar-refractivity contribution is -0.122. The highest BCUT2D eigenvalue weighted by molar-refractivity contribution is 5.90. The van der Waals surface area contributed by atoms with Gasteiger partial charge in [-0.15, -0.1) is 0 Å². The largest absolute Gasteiger partial charge is 0.355 e. The van der Waals surface area contributed by atoms with Crippen LogP contribution >= 0.6 is 0 Å². The Morgan fingerprint density at radius 2 is 1.76 bits per heavy atom. The smallest absolute Gasteiger partial charge is 0.234 e. The molecule has 6 nitrogen and oxygen atoms in total. The molecule has 0 aromatic heterocycles. The van der Waals surface area contributed by atoms with Crippen molar-refractivity contribution in [2.75, 3.05) is 51.1 Å². The van der Waals surface area contributed by atoms with Gasteiger partial charge in [-0.2, -0.15) is 0 Å². The van der Waals surface area contributed by atoms with Crippen molar-refractivity contribution in [3.63, 3.8) is 0 Å². The van der Waals surface area contributed by atoms with E-state index in [4.69, 9.17) is 0 Å². The summed E-state index contributed by atoms with van der Waals surface area (Å²) in [5, 5.41) is 5.48. The highest BCUT2D eigenvalue weighted by atomic mass is 19.1. The van der Waals surface area contributed by atoms with Crippen LogP contribution in [0.2, 0.25) is 0 Å². The van der Waals surface area contributed by atoms with Crippen molar-refractivity contribution in [2.24, 2.45) is 0 Å². The minimum absolute atomic E-state index is 0.0690. The van der Waals surface area contributed by atoms with Crippen LogP contribution in [0.4, 0.5) is 10.1 Å². The summed E-state index contributed by atoms with van der Waals surface area (Å²) in [5.74, 6) is -0.545. The van der Waals surface area contributed by atoms with Crippen LogP contribution in [-0.4, -0.2) is 67.4 Å². The van der Waals surface area contributed by atoms with Crippen molar-refractivity contribution in [3.8, 4) is 0 Å². The van der Waals surface area contributed by atoms with Crippen LogP contribution in [0.25, 0.3) is 0 Å². The molecule has 1 aromatic rings. The molecular formula is C18H27FN4O2. The minimum atomic E-state index is -0.425. The Hall–Kier alpha value is -1.99. The number of hydrogen-bond donors (Lipinski definition) is 2. The molecule has 25 heavy (non-hydrogen) atoms. The number of amides is 2. The minimum Gasteiger partial charge on any atom is -0.355 e. The zero-order chi connectivity index (χ0) is 18.1. The summed E-state index contributed by atoms with van der Waals surface area (Å²) >= 11 is 0. The van der Waals surface area contributed by atoms with Crippen LogP contribution in [0.3, 0.4) is 0 Å². The first-order chi connectivity index (χ1) is 12.1. The second kappa shape index (κ2) is 10.1. The summed E-state index contributed by atoms with van der Waals surface area (Å²) in [6.07, 6.45) is 1.26.